The van der Waals surface area contributed by atoms with Crippen LogP contribution in [-0.2, 0) is 9.53 Å². The Morgan fingerprint density at radius 3 is 2.60 bits per heavy atom. The number of halogens is 1. The predicted octanol–water partition coefficient (Wildman–Crippen LogP) is 2.22. The number of ether oxygens (including phenoxy) is 1. The summed E-state index contributed by atoms with van der Waals surface area (Å²) in [6.45, 7) is 3.37. The third-order valence-electron chi connectivity index (χ3n) is 5.06. The highest BCUT2D eigenvalue weighted by molar-refractivity contribution is 5.94. The summed E-state index contributed by atoms with van der Waals surface area (Å²) in [7, 11) is 0. The van der Waals surface area contributed by atoms with Crippen LogP contribution < -0.4 is 5.32 Å². The van der Waals surface area contributed by atoms with E-state index in [2.05, 4.69) is 5.32 Å². The maximum Gasteiger partial charge on any atom is 0.251 e. The minimum Gasteiger partial charge on any atom is -0.381 e. The van der Waals surface area contributed by atoms with Gasteiger partial charge in [-0.25, -0.2) is 4.39 Å². The maximum absolute atomic E-state index is 12.9. The molecule has 5 nitrogen and oxygen atoms in total. The van der Waals surface area contributed by atoms with Gasteiger partial charge in [0.1, 0.15) is 5.82 Å². The minimum absolute atomic E-state index is 0.0845. The predicted molar refractivity (Wildman–Crippen MR) is 91.6 cm³/mol. The molecular weight excluding hydrogens is 323 g/mol. The van der Waals surface area contributed by atoms with Gasteiger partial charge in [0.25, 0.3) is 5.91 Å². The lowest BCUT2D eigenvalue weighted by atomic mass is 9.93. The first-order valence-electron chi connectivity index (χ1n) is 9.04. The van der Waals surface area contributed by atoms with E-state index in [1.165, 1.54) is 24.3 Å². The van der Waals surface area contributed by atoms with Crippen LogP contribution in [0.2, 0.25) is 0 Å². The lowest BCUT2D eigenvalue weighted by Gasteiger charge is -2.36. The van der Waals surface area contributed by atoms with Crippen LogP contribution in [0.1, 0.15) is 36.0 Å². The normalized spacial score (nSPS) is 21.8. The van der Waals surface area contributed by atoms with Gasteiger partial charge in [0.05, 0.1) is 0 Å². The average molecular weight is 348 g/mol. The van der Waals surface area contributed by atoms with Crippen molar-refractivity contribution >= 4 is 11.8 Å². The van der Waals surface area contributed by atoms with E-state index in [0.29, 0.717) is 31.9 Å². The number of likely N-dealkylation sites (tertiary alicyclic amines) is 1. The summed E-state index contributed by atoms with van der Waals surface area (Å²) in [6.07, 6.45) is 3.58. The standard InChI is InChI=1S/C19H25FN2O3/c20-17-5-3-15(4-6-17)18(23)21-12-14-2-1-9-22(13-14)19(24)16-7-10-25-11-8-16/h3-6,14,16H,1-2,7-13H2,(H,21,23)/t14-/m1/s1. The van der Waals surface area contributed by atoms with Gasteiger partial charge in [-0.15, -0.1) is 0 Å². The molecule has 136 valence electrons. The monoisotopic (exact) mass is 348 g/mol. The number of benzene rings is 1. The summed E-state index contributed by atoms with van der Waals surface area (Å²) in [4.78, 5) is 26.7. The molecule has 0 unspecified atom stereocenters. The lowest BCUT2D eigenvalue weighted by molar-refractivity contribution is -0.140. The van der Waals surface area contributed by atoms with E-state index >= 15 is 0 Å². The third-order valence-corrected chi connectivity index (χ3v) is 5.06. The highest BCUT2D eigenvalue weighted by Crippen LogP contribution is 2.22. The molecule has 2 amide bonds. The van der Waals surface area contributed by atoms with Crippen LogP contribution >= 0.6 is 0 Å². The number of hydrogen-bond acceptors (Lipinski definition) is 3. The fourth-order valence-corrected chi connectivity index (χ4v) is 3.57. The van der Waals surface area contributed by atoms with E-state index < -0.39 is 0 Å². The molecule has 25 heavy (non-hydrogen) atoms. The van der Waals surface area contributed by atoms with Gasteiger partial charge in [-0.2, -0.15) is 0 Å². The van der Waals surface area contributed by atoms with Gasteiger partial charge >= 0.3 is 0 Å². The first kappa shape index (κ1) is 17.9. The molecule has 1 N–H and O–H groups in total. The molecule has 0 saturated carbocycles. The van der Waals surface area contributed by atoms with Crippen molar-refractivity contribution in [1.82, 2.24) is 10.2 Å². The van der Waals surface area contributed by atoms with Crippen molar-refractivity contribution in [2.45, 2.75) is 25.7 Å². The van der Waals surface area contributed by atoms with E-state index in [1.807, 2.05) is 4.90 Å². The fourth-order valence-electron chi connectivity index (χ4n) is 3.57. The molecule has 2 saturated heterocycles. The smallest absolute Gasteiger partial charge is 0.251 e. The second-order valence-electron chi connectivity index (χ2n) is 6.90. The number of piperidine rings is 1. The van der Waals surface area contributed by atoms with Crippen molar-refractivity contribution in [2.24, 2.45) is 11.8 Å². The highest BCUT2D eigenvalue weighted by Gasteiger charge is 2.30. The Morgan fingerprint density at radius 1 is 1.16 bits per heavy atom. The molecule has 1 aromatic rings. The van der Waals surface area contributed by atoms with E-state index in [1.54, 1.807) is 0 Å². The Labute approximate surface area is 147 Å². The maximum atomic E-state index is 12.9. The first-order valence-corrected chi connectivity index (χ1v) is 9.04. The number of carbonyl (C=O) groups excluding carboxylic acids is 2. The molecule has 6 heteroatoms. The first-order chi connectivity index (χ1) is 12.1. The van der Waals surface area contributed by atoms with Crippen LogP contribution in [0, 0.1) is 17.7 Å². The average Bonchev–Trinajstić information content (AvgIpc) is 2.67. The van der Waals surface area contributed by atoms with E-state index in [4.69, 9.17) is 4.74 Å². The summed E-state index contributed by atoms with van der Waals surface area (Å²) in [5.74, 6) is 0.0279. The quantitative estimate of drug-likeness (QED) is 0.908. The van der Waals surface area contributed by atoms with E-state index in [0.717, 1.165) is 32.2 Å². The van der Waals surface area contributed by atoms with Crippen LogP contribution in [0.15, 0.2) is 24.3 Å². The van der Waals surface area contributed by atoms with E-state index in [9.17, 15) is 14.0 Å². The summed E-state index contributed by atoms with van der Waals surface area (Å²) >= 11 is 0. The van der Waals surface area contributed by atoms with E-state index in [-0.39, 0.29) is 29.5 Å². The molecule has 1 aromatic carbocycles. The molecule has 0 aliphatic carbocycles. The summed E-state index contributed by atoms with van der Waals surface area (Å²) in [5.41, 5.74) is 0.451. The van der Waals surface area contributed by atoms with Crippen LogP contribution in [0.4, 0.5) is 4.39 Å². The second-order valence-corrected chi connectivity index (χ2v) is 6.90. The number of amides is 2. The molecule has 2 aliphatic rings. The molecule has 3 rings (SSSR count). The SMILES string of the molecule is O=C(NC[C@H]1CCCN(C(=O)C2CCOCC2)C1)c1ccc(F)cc1. The van der Waals surface area contributed by atoms with Crippen LogP contribution in [0.25, 0.3) is 0 Å². The van der Waals surface area contributed by atoms with Crippen molar-refractivity contribution in [3.63, 3.8) is 0 Å². The number of carbonyl (C=O) groups is 2. The molecule has 2 heterocycles. The molecule has 0 radical (unpaired) electrons. The van der Waals surface area contributed by atoms with Gasteiger partial charge in [0.15, 0.2) is 0 Å². The van der Waals surface area contributed by atoms with Crippen molar-refractivity contribution in [3.8, 4) is 0 Å². The van der Waals surface area contributed by atoms with Crippen molar-refractivity contribution < 1.29 is 18.7 Å². The minimum atomic E-state index is -0.355. The van der Waals surface area contributed by atoms with Crippen LogP contribution in [0.3, 0.4) is 0 Å². The summed E-state index contributed by atoms with van der Waals surface area (Å²) in [6, 6.07) is 5.52. The Bertz CT molecular complexity index is 599. The van der Waals surface area contributed by atoms with Crippen molar-refractivity contribution in [3.05, 3.63) is 35.6 Å². The Hall–Kier alpha value is -1.95. The molecule has 2 fully saturated rings. The molecule has 0 bridgehead atoms. The van der Waals surface area contributed by atoms with Gasteiger partial charge in [-0.05, 0) is 55.9 Å². The number of rotatable bonds is 4. The van der Waals surface area contributed by atoms with Crippen LogP contribution in [0.5, 0.6) is 0 Å². The zero-order chi connectivity index (χ0) is 17.6. The Balaban J connectivity index is 1.48. The zero-order valence-electron chi connectivity index (χ0n) is 14.4. The second kappa shape index (κ2) is 8.43. The van der Waals surface area contributed by atoms with Gasteiger partial charge < -0.3 is 15.0 Å². The fraction of sp³-hybridized carbons (Fsp3) is 0.579. The largest absolute Gasteiger partial charge is 0.381 e. The number of hydrogen-bond donors (Lipinski definition) is 1. The third kappa shape index (κ3) is 4.78. The zero-order valence-corrected chi connectivity index (χ0v) is 14.4. The Morgan fingerprint density at radius 2 is 1.88 bits per heavy atom. The molecule has 1 atom stereocenters. The van der Waals surface area contributed by atoms with Crippen molar-refractivity contribution in [2.75, 3.05) is 32.8 Å². The van der Waals surface area contributed by atoms with Gasteiger partial charge in [-0.1, -0.05) is 0 Å². The molecule has 0 aromatic heterocycles. The van der Waals surface area contributed by atoms with Gasteiger partial charge in [-0.3, -0.25) is 9.59 Å². The molecule has 2 aliphatic heterocycles. The number of nitrogens with zero attached hydrogens (tertiary/aromatic N) is 1. The highest BCUT2D eigenvalue weighted by atomic mass is 19.1. The lowest BCUT2D eigenvalue weighted by Crippen LogP contribution is -2.46. The summed E-state index contributed by atoms with van der Waals surface area (Å²) in [5, 5.41) is 2.91. The van der Waals surface area contributed by atoms with Crippen molar-refractivity contribution in [1.29, 1.82) is 0 Å². The van der Waals surface area contributed by atoms with Gasteiger partial charge in [0, 0.05) is 44.3 Å². The van der Waals surface area contributed by atoms with Crippen LogP contribution in [-0.4, -0.2) is 49.6 Å². The number of nitrogens with one attached hydrogen (secondary N) is 1. The topological polar surface area (TPSA) is 58.6 Å². The van der Waals surface area contributed by atoms with Gasteiger partial charge in [0.2, 0.25) is 5.91 Å². The summed E-state index contributed by atoms with van der Waals surface area (Å²) < 4.78 is 18.3. The Kier molecular flexibility index (Phi) is 6.02. The molecular formula is C19H25FN2O3. The molecule has 0 spiro atoms.